The first-order valence-corrected chi connectivity index (χ1v) is 5.43. The molecule has 0 saturated heterocycles. The molecule has 0 amide bonds. The van der Waals surface area contributed by atoms with Crippen LogP contribution in [-0.4, -0.2) is 16.1 Å². The zero-order valence-corrected chi connectivity index (χ0v) is 9.08. The van der Waals surface area contributed by atoms with E-state index in [1.807, 2.05) is 12.5 Å². The van der Waals surface area contributed by atoms with E-state index in [-0.39, 0.29) is 0 Å². The molecule has 0 atom stereocenters. The second kappa shape index (κ2) is 3.73. The van der Waals surface area contributed by atoms with E-state index in [2.05, 4.69) is 28.7 Å². The molecule has 0 radical (unpaired) electrons. The predicted octanol–water partition coefficient (Wildman–Crippen LogP) is 1.79. The molecule has 1 saturated carbocycles. The summed E-state index contributed by atoms with van der Waals surface area (Å²) in [6.07, 6.45) is 6.61. The van der Waals surface area contributed by atoms with Gasteiger partial charge in [0.05, 0.1) is 12.0 Å². The molecule has 0 spiro atoms. The van der Waals surface area contributed by atoms with E-state index >= 15 is 0 Å². The van der Waals surface area contributed by atoms with E-state index < -0.39 is 0 Å². The first-order chi connectivity index (χ1) is 6.73. The maximum Gasteiger partial charge on any atom is 0.0948 e. The fourth-order valence-electron chi connectivity index (χ4n) is 1.66. The molecule has 3 nitrogen and oxygen atoms in total. The van der Waals surface area contributed by atoms with Crippen molar-refractivity contribution in [1.82, 2.24) is 14.9 Å². The molecule has 2 rings (SSSR count). The van der Waals surface area contributed by atoms with E-state index in [0.29, 0.717) is 5.41 Å². The summed E-state index contributed by atoms with van der Waals surface area (Å²) in [5.41, 5.74) is 1.88. The number of nitrogens with zero attached hydrogens (tertiary/aromatic N) is 2. The number of imidazole rings is 1. The molecule has 1 aromatic heterocycles. The fraction of sp³-hybridized carbons (Fsp3) is 0.727. The number of rotatable bonds is 5. The van der Waals surface area contributed by atoms with Gasteiger partial charge in [0, 0.05) is 25.8 Å². The number of hydrogen-bond acceptors (Lipinski definition) is 2. The van der Waals surface area contributed by atoms with E-state index in [1.54, 1.807) is 0 Å². The van der Waals surface area contributed by atoms with Crippen LogP contribution in [0.3, 0.4) is 0 Å². The SMILES string of the molecule is CCn1cncc1CNCC1(C)CC1. The van der Waals surface area contributed by atoms with Gasteiger partial charge >= 0.3 is 0 Å². The minimum atomic E-state index is 0.594. The quantitative estimate of drug-likeness (QED) is 0.772. The first-order valence-electron chi connectivity index (χ1n) is 5.43. The maximum absolute atomic E-state index is 4.15. The molecule has 1 heterocycles. The molecule has 1 aromatic rings. The molecule has 78 valence electrons. The predicted molar refractivity (Wildman–Crippen MR) is 56.9 cm³/mol. The van der Waals surface area contributed by atoms with Crippen molar-refractivity contribution in [3.8, 4) is 0 Å². The van der Waals surface area contributed by atoms with E-state index in [0.717, 1.165) is 19.6 Å². The van der Waals surface area contributed by atoms with Gasteiger partial charge in [-0.25, -0.2) is 4.98 Å². The van der Waals surface area contributed by atoms with Crippen LogP contribution in [0.25, 0.3) is 0 Å². The summed E-state index contributed by atoms with van der Waals surface area (Å²) in [5, 5.41) is 3.50. The monoisotopic (exact) mass is 193 g/mol. The van der Waals surface area contributed by atoms with Crippen LogP contribution in [0.5, 0.6) is 0 Å². The summed E-state index contributed by atoms with van der Waals surface area (Å²) in [7, 11) is 0. The van der Waals surface area contributed by atoms with Crippen molar-refractivity contribution in [3.63, 3.8) is 0 Å². The summed E-state index contributed by atoms with van der Waals surface area (Å²) >= 11 is 0. The van der Waals surface area contributed by atoms with Gasteiger partial charge in [0.25, 0.3) is 0 Å². The van der Waals surface area contributed by atoms with Crippen LogP contribution in [0.2, 0.25) is 0 Å². The van der Waals surface area contributed by atoms with Crippen LogP contribution in [0, 0.1) is 5.41 Å². The normalized spacial score (nSPS) is 18.4. The van der Waals surface area contributed by atoms with E-state index in [1.165, 1.54) is 18.5 Å². The van der Waals surface area contributed by atoms with Gasteiger partial charge in [0.1, 0.15) is 0 Å². The number of hydrogen-bond donors (Lipinski definition) is 1. The van der Waals surface area contributed by atoms with Crippen molar-refractivity contribution >= 4 is 0 Å². The summed E-state index contributed by atoms with van der Waals surface area (Å²) in [5.74, 6) is 0. The van der Waals surface area contributed by atoms with Gasteiger partial charge in [0.15, 0.2) is 0 Å². The minimum absolute atomic E-state index is 0.594. The number of nitrogens with one attached hydrogen (secondary N) is 1. The lowest BCUT2D eigenvalue weighted by Crippen LogP contribution is -2.22. The van der Waals surface area contributed by atoms with Crippen molar-refractivity contribution in [2.45, 2.75) is 39.8 Å². The van der Waals surface area contributed by atoms with Gasteiger partial charge < -0.3 is 9.88 Å². The van der Waals surface area contributed by atoms with Gasteiger partial charge in [-0.3, -0.25) is 0 Å². The second-order valence-corrected chi connectivity index (χ2v) is 4.59. The molecule has 0 unspecified atom stereocenters. The second-order valence-electron chi connectivity index (χ2n) is 4.59. The van der Waals surface area contributed by atoms with Crippen molar-refractivity contribution < 1.29 is 0 Å². The summed E-state index contributed by atoms with van der Waals surface area (Å²) < 4.78 is 2.18. The van der Waals surface area contributed by atoms with Crippen molar-refractivity contribution in [3.05, 3.63) is 18.2 Å². The van der Waals surface area contributed by atoms with Crippen LogP contribution < -0.4 is 5.32 Å². The maximum atomic E-state index is 4.15. The highest BCUT2D eigenvalue weighted by molar-refractivity contribution is 4.99. The van der Waals surface area contributed by atoms with Gasteiger partial charge in [-0.05, 0) is 25.2 Å². The van der Waals surface area contributed by atoms with E-state index in [4.69, 9.17) is 0 Å². The Morgan fingerprint density at radius 2 is 2.36 bits per heavy atom. The van der Waals surface area contributed by atoms with Crippen molar-refractivity contribution in [2.24, 2.45) is 5.41 Å². The Bertz CT molecular complexity index is 299. The Hall–Kier alpha value is -0.830. The zero-order chi connectivity index (χ0) is 10.0. The van der Waals surface area contributed by atoms with Gasteiger partial charge in [-0.1, -0.05) is 6.92 Å². The van der Waals surface area contributed by atoms with Gasteiger partial charge in [0.2, 0.25) is 0 Å². The average molecular weight is 193 g/mol. The third kappa shape index (κ3) is 2.15. The molecule has 1 fully saturated rings. The number of aryl methyl sites for hydroxylation is 1. The number of aromatic nitrogens is 2. The van der Waals surface area contributed by atoms with Crippen LogP contribution in [0.1, 0.15) is 32.4 Å². The molecule has 3 heteroatoms. The van der Waals surface area contributed by atoms with Crippen LogP contribution in [0.4, 0.5) is 0 Å². The molecule has 0 aliphatic heterocycles. The lowest BCUT2D eigenvalue weighted by atomic mass is 10.1. The third-order valence-electron chi connectivity index (χ3n) is 3.10. The Labute approximate surface area is 85.5 Å². The van der Waals surface area contributed by atoms with Crippen LogP contribution in [-0.2, 0) is 13.1 Å². The zero-order valence-electron chi connectivity index (χ0n) is 9.08. The lowest BCUT2D eigenvalue weighted by molar-refractivity contribution is 0.490. The Kier molecular flexibility index (Phi) is 2.59. The average Bonchev–Trinajstić information content (AvgIpc) is 2.75. The Morgan fingerprint density at radius 1 is 1.57 bits per heavy atom. The molecule has 1 aliphatic rings. The molecule has 0 aromatic carbocycles. The highest BCUT2D eigenvalue weighted by Gasteiger charge is 2.36. The minimum Gasteiger partial charge on any atom is -0.334 e. The third-order valence-corrected chi connectivity index (χ3v) is 3.10. The van der Waals surface area contributed by atoms with Crippen LogP contribution >= 0.6 is 0 Å². The van der Waals surface area contributed by atoms with Crippen molar-refractivity contribution in [1.29, 1.82) is 0 Å². The molecule has 1 aliphatic carbocycles. The smallest absolute Gasteiger partial charge is 0.0948 e. The topological polar surface area (TPSA) is 29.9 Å². The molecule has 0 bridgehead atoms. The molecular formula is C11H19N3. The first kappa shape index (κ1) is 9.71. The summed E-state index contributed by atoms with van der Waals surface area (Å²) in [4.78, 5) is 4.15. The van der Waals surface area contributed by atoms with E-state index in [9.17, 15) is 0 Å². The highest BCUT2D eigenvalue weighted by Crippen LogP contribution is 2.44. The largest absolute Gasteiger partial charge is 0.334 e. The fourth-order valence-corrected chi connectivity index (χ4v) is 1.66. The Morgan fingerprint density at radius 3 is 3.00 bits per heavy atom. The molecule has 1 N–H and O–H groups in total. The lowest BCUT2D eigenvalue weighted by Gasteiger charge is -2.10. The highest BCUT2D eigenvalue weighted by atomic mass is 15.1. The molecule has 14 heavy (non-hydrogen) atoms. The van der Waals surface area contributed by atoms with Crippen LogP contribution in [0.15, 0.2) is 12.5 Å². The van der Waals surface area contributed by atoms with Gasteiger partial charge in [-0.2, -0.15) is 0 Å². The van der Waals surface area contributed by atoms with Gasteiger partial charge in [-0.15, -0.1) is 0 Å². The standard InChI is InChI=1S/C11H19N3/c1-3-14-9-13-7-10(14)6-12-8-11(2)4-5-11/h7,9,12H,3-6,8H2,1-2H3. The summed E-state index contributed by atoms with van der Waals surface area (Å²) in [6, 6.07) is 0. The Balaban J connectivity index is 1.79. The van der Waals surface area contributed by atoms with Crippen molar-refractivity contribution in [2.75, 3.05) is 6.54 Å². The molecular weight excluding hydrogens is 174 g/mol. The summed E-state index contributed by atoms with van der Waals surface area (Å²) in [6.45, 7) is 7.59.